The van der Waals surface area contributed by atoms with Crippen molar-refractivity contribution in [3.8, 4) is 0 Å². The number of rotatable bonds is 5. The van der Waals surface area contributed by atoms with E-state index in [9.17, 15) is 4.79 Å². The van der Waals surface area contributed by atoms with Crippen LogP contribution < -0.4 is 5.32 Å². The first kappa shape index (κ1) is 16.6. The minimum absolute atomic E-state index is 0.142. The van der Waals surface area contributed by atoms with E-state index >= 15 is 0 Å². The van der Waals surface area contributed by atoms with Gasteiger partial charge in [0.25, 0.3) is 0 Å². The highest BCUT2D eigenvalue weighted by molar-refractivity contribution is 5.88. The van der Waals surface area contributed by atoms with Crippen molar-refractivity contribution in [2.24, 2.45) is 0 Å². The van der Waals surface area contributed by atoms with E-state index in [1.807, 2.05) is 49.5 Å². The van der Waals surface area contributed by atoms with Crippen molar-refractivity contribution < 1.29 is 4.79 Å². The standard InChI is InChI=1S/C18H20N6O/c1-14(16-8-4-6-11-20-16)23(2)18(25)21-17-9-12-24(22-17)13-15-7-3-5-10-19-15/h3-12,14H,13H2,1-2H3,(H,21,22,25)/t14-/m0/s1. The maximum Gasteiger partial charge on any atom is 0.323 e. The van der Waals surface area contributed by atoms with Gasteiger partial charge in [-0.25, -0.2) is 4.79 Å². The van der Waals surface area contributed by atoms with Crippen LogP contribution in [0.3, 0.4) is 0 Å². The van der Waals surface area contributed by atoms with Crippen molar-refractivity contribution in [3.63, 3.8) is 0 Å². The van der Waals surface area contributed by atoms with Crippen LogP contribution in [-0.4, -0.2) is 37.7 Å². The first-order valence-electron chi connectivity index (χ1n) is 8.01. The summed E-state index contributed by atoms with van der Waals surface area (Å²) in [4.78, 5) is 22.6. The number of aromatic nitrogens is 4. The minimum Gasteiger partial charge on any atom is -0.319 e. The van der Waals surface area contributed by atoms with Crippen LogP contribution in [0, 0.1) is 0 Å². The van der Waals surface area contributed by atoms with E-state index in [0.29, 0.717) is 12.4 Å². The summed E-state index contributed by atoms with van der Waals surface area (Å²) in [6, 6.07) is 12.8. The summed E-state index contributed by atoms with van der Waals surface area (Å²) in [6.45, 7) is 2.48. The van der Waals surface area contributed by atoms with Gasteiger partial charge in [-0.3, -0.25) is 20.0 Å². The first-order chi connectivity index (χ1) is 12.1. The molecule has 128 valence electrons. The fourth-order valence-corrected chi connectivity index (χ4v) is 2.37. The number of urea groups is 1. The van der Waals surface area contributed by atoms with Gasteiger partial charge in [0.15, 0.2) is 5.82 Å². The largest absolute Gasteiger partial charge is 0.323 e. The van der Waals surface area contributed by atoms with Crippen LogP contribution in [0.4, 0.5) is 10.6 Å². The van der Waals surface area contributed by atoms with Crippen LogP contribution >= 0.6 is 0 Å². The Morgan fingerprint density at radius 2 is 1.92 bits per heavy atom. The van der Waals surface area contributed by atoms with E-state index in [1.54, 1.807) is 35.1 Å². The molecule has 7 nitrogen and oxygen atoms in total. The summed E-state index contributed by atoms with van der Waals surface area (Å²) in [5, 5.41) is 7.17. The van der Waals surface area contributed by atoms with Crippen molar-refractivity contribution in [2.45, 2.75) is 19.5 Å². The Morgan fingerprint density at radius 1 is 1.16 bits per heavy atom. The molecule has 1 N–H and O–H groups in total. The van der Waals surface area contributed by atoms with Crippen molar-refractivity contribution in [1.82, 2.24) is 24.6 Å². The Balaban J connectivity index is 1.61. The molecule has 3 rings (SSSR count). The summed E-state index contributed by atoms with van der Waals surface area (Å²) in [6.07, 6.45) is 5.28. The van der Waals surface area contributed by atoms with Crippen LogP contribution in [0.5, 0.6) is 0 Å². The highest BCUT2D eigenvalue weighted by Crippen LogP contribution is 2.17. The van der Waals surface area contributed by atoms with Crippen molar-refractivity contribution in [1.29, 1.82) is 0 Å². The van der Waals surface area contributed by atoms with E-state index in [2.05, 4.69) is 20.4 Å². The van der Waals surface area contributed by atoms with Crippen LogP contribution in [0.15, 0.2) is 61.1 Å². The number of pyridine rings is 2. The van der Waals surface area contributed by atoms with Crippen LogP contribution in [0.2, 0.25) is 0 Å². The van der Waals surface area contributed by atoms with Gasteiger partial charge in [0.1, 0.15) is 0 Å². The Hall–Kier alpha value is -3.22. The molecule has 0 aliphatic rings. The second-order valence-electron chi connectivity index (χ2n) is 5.69. The van der Waals surface area contributed by atoms with Crippen molar-refractivity contribution >= 4 is 11.8 Å². The van der Waals surface area contributed by atoms with Gasteiger partial charge in [-0.2, -0.15) is 5.10 Å². The lowest BCUT2D eigenvalue weighted by Gasteiger charge is -2.24. The zero-order chi connectivity index (χ0) is 17.6. The summed E-state index contributed by atoms with van der Waals surface area (Å²) in [5.74, 6) is 0.501. The molecule has 7 heteroatoms. The third kappa shape index (κ3) is 4.20. The third-order valence-corrected chi connectivity index (χ3v) is 3.94. The van der Waals surface area contributed by atoms with Crippen LogP contribution in [0.1, 0.15) is 24.4 Å². The lowest BCUT2D eigenvalue weighted by molar-refractivity contribution is 0.207. The molecule has 2 amide bonds. The molecule has 25 heavy (non-hydrogen) atoms. The number of anilines is 1. The van der Waals surface area contributed by atoms with Gasteiger partial charge in [0.05, 0.1) is 24.0 Å². The Labute approximate surface area is 146 Å². The van der Waals surface area contributed by atoms with Crippen LogP contribution in [-0.2, 0) is 6.54 Å². The fraction of sp³-hybridized carbons (Fsp3) is 0.222. The zero-order valence-corrected chi connectivity index (χ0v) is 14.2. The number of hydrogen-bond acceptors (Lipinski definition) is 4. The Morgan fingerprint density at radius 3 is 2.60 bits per heavy atom. The number of amides is 2. The maximum absolute atomic E-state index is 12.4. The molecular formula is C18H20N6O. The summed E-state index contributed by atoms with van der Waals surface area (Å²) < 4.78 is 1.74. The molecule has 3 aromatic heterocycles. The Kier molecular flexibility index (Phi) is 5.03. The summed E-state index contributed by atoms with van der Waals surface area (Å²) in [5.41, 5.74) is 1.74. The SMILES string of the molecule is C[C@@H](c1ccccn1)N(C)C(=O)Nc1ccn(Cc2ccccn2)n1. The molecule has 0 spiro atoms. The summed E-state index contributed by atoms with van der Waals surface area (Å²) in [7, 11) is 1.74. The molecule has 1 atom stereocenters. The van der Waals surface area contributed by atoms with Gasteiger partial charge in [0.2, 0.25) is 0 Å². The molecule has 0 radical (unpaired) electrons. The lowest BCUT2D eigenvalue weighted by Crippen LogP contribution is -2.34. The summed E-state index contributed by atoms with van der Waals surface area (Å²) >= 11 is 0. The lowest BCUT2D eigenvalue weighted by atomic mass is 10.2. The van der Waals surface area contributed by atoms with Gasteiger partial charge in [-0.05, 0) is 31.2 Å². The van der Waals surface area contributed by atoms with E-state index in [0.717, 1.165) is 11.4 Å². The van der Waals surface area contributed by atoms with E-state index in [1.165, 1.54) is 0 Å². The molecular weight excluding hydrogens is 316 g/mol. The van der Waals surface area contributed by atoms with Gasteiger partial charge in [-0.1, -0.05) is 12.1 Å². The second-order valence-corrected chi connectivity index (χ2v) is 5.69. The topological polar surface area (TPSA) is 75.9 Å². The first-order valence-corrected chi connectivity index (χ1v) is 8.01. The highest BCUT2D eigenvalue weighted by Gasteiger charge is 2.18. The molecule has 0 aliphatic carbocycles. The molecule has 0 saturated carbocycles. The molecule has 3 aromatic rings. The Bertz CT molecular complexity index is 818. The molecule has 0 aliphatic heterocycles. The van der Waals surface area contributed by atoms with E-state index in [4.69, 9.17) is 0 Å². The third-order valence-electron chi connectivity index (χ3n) is 3.94. The highest BCUT2D eigenvalue weighted by atomic mass is 16.2. The number of hydrogen-bond donors (Lipinski definition) is 1. The number of nitrogens with zero attached hydrogens (tertiary/aromatic N) is 5. The molecule has 0 fully saturated rings. The predicted molar refractivity (Wildman–Crippen MR) is 95.0 cm³/mol. The molecule has 3 heterocycles. The smallest absolute Gasteiger partial charge is 0.319 e. The molecule has 0 bridgehead atoms. The number of nitrogens with one attached hydrogen (secondary N) is 1. The van der Waals surface area contributed by atoms with Gasteiger partial charge >= 0.3 is 6.03 Å². The van der Waals surface area contributed by atoms with Gasteiger partial charge < -0.3 is 4.90 Å². The average molecular weight is 336 g/mol. The van der Waals surface area contributed by atoms with Crippen molar-refractivity contribution in [2.75, 3.05) is 12.4 Å². The normalized spacial score (nSPS) is 11.8. The second kappa shape index (κ2) is 7.57. The number of carbonyl (C=O) groups excluding carboxylic acids is 1. The molecule has 0 aromatic carbocycles. The fourth-order valence-electron chi connectivity index (χ4n) is 2.37. The predicted octanol–water partition coefficient (Wildman–Crippen LogP) is 2.95. The maximum atomic E-state index is 12.4. The van der Waals surface area contributed by atoms with Gasteiger partial charge in [0, 0.05) is 31.7 Å². The monoisotopic (exact) mass is 336 g/mol. The quantitative estimate of drug-likeness (QED) is 0.777. The minimum atomic E-state index is -0.235. The molecule has 0 unspecified atom stereocenters. The van der Waals surface area contributed by atoms with Crippen molar-refractivity contribution in [3.05, 3.63) is 72.4 Å². The van der Waals surface area contributed by atoms with Crippen LogP contribution in [0.25, 0.3) is 0 Å². The molecule has 0 saturated heterocycles. The average Bonchev–Trinajstić information content (AvgIpc) is 3.08. The van der Waals surface area contributed by atoms with Gasteiger partial charge in [-0.15, -0.1) is 0 Å². The van der Waals surface area contributed by atoms with E-state index in [-0.39, 0.29) is 12.1 Å². The van der Waals surface area contributed by atoms with E-state index < -0.39 is 0 Å². The zero-order valence-electron chi connectivity index (χ0n) is 14.2. The number of carbonyl (C=O) groups is 1.